The number of aromatic nitrogens is 2. The lowest BCUT2D eigenvalue weighted by atomic mass is 10.1. The Morgan fingerprint density at radius 2 is 1.85 bits per heavy atom. The summed E-state index contributed by atoms with van der Waals surface area (Å²) in [6, 6.07) is 9.46. The van der Waals surface area contributed by atoms with Crippen LogP contribution in [0, 0.1) is 20.8 Å². The first kappa shape index (κ1) is 18.8. The standard InChI is InChI=1S/C19H25N3O3S/c1-14-5-4-6-17(11-14)13-26(23,24)22-9-7-18(8-10-22)25-19-12-15(2)20-16(3)21-19/h4-6,11-12,18H,7-10,13H2,1-3H3. The van der Waals surface area contributed by atoms with E-state index in [-0.39, 0.29) is 11.9 Å². The second-order valence-corrected chi connectivity index (χ2v) is 8.83. The molecule has 1 saturated heterocycles. The second-order valence-electron chi connectivity index (χ2n) is 6.86. The van der Waals surface area contributed by atoms with E-state index in [0.717, 1.165) is 16.8 Å². The van der Waals surface area contributed by atoms with Gasteiger partial charge in [0.05, 0.1) is 5.75 Å². The predicted octanol–water partition coefficient (Wildman–Crippen LogP) is 2.78. The summed E-state index contributed by atoms with van der Waals surface area (Å²) >= 11 is 0. The monoisotopic (exact) mass is 375 g/mol. The summed E-state index contributed by atoms with van der Waals surface area (Å²) in [7, 11) is -3.31. The molecule has 1 aliphatic heterocycles. The van der Waals surface area contributed by atoms with Gasteiger partial charge in [-0.25, -0.2) is 17.7 Å². The minimum Gasteiger partial charge on any atom is -0.474 e. The zero-order chi connectivity index (χ0) is 18.7. The van der Waals surface area contributed by atoms with E-state index in [1.807, 2.05) is 51.1 Å². The van der Waals surface area contributed by atoms with Gasteiger partial charge in [-0.15, -0.1) is 0 Å². The highest BCUT2D eigenvalue weighted by Gasteiger charge is 2.29. The third kappa shape index (κ3) is 4.80. The Morgan fingerprint density at radius 3 is 2.50 bits per heavy atom. The van der Waals surface area contributed by atoms with Gasteiger partial charge < -0.3 is 4.74 Å². The van der Waals surface area contributed by atoms with Gasteiger partial charge in [-0.1, -0.05) is 29.8 Å². The van der Waals surface area contributed by atoms with E-state index in [4.69, 9.17) is 4.74 Å². The summed E-state index contributed by atoms with van der Waals surface area (Å²) < 4.78 is 32.9. The highest BCUT2D eigenvalue weighted by Crippen LogP contribution is 2.21. The van der Waals surface area contributed by atoms with Gasteiger partial charge in [0.15, 0.2) is 0 Å². The average Bonchev–Trinajstić information content (AvgIpc) is 2.54. The van der Waals surface area contributed by atoms with Gasteiger partial charge >= 0.3 is 0 Å². The van der Waals surface area contributed by atoms with Gasteiger partial charge in [0.25, 0.3) is 0 Å². The van der Waals surface area contributed by atoms with Crippen molar-refractivity contribution in [1.82, 2.24) is 14.3 Å². The van der Waals surface area contributed by atoms with Crippen molar-refractivity contribution in [3.63, 3.8) is 0 Å². The third-order valence-electron chi connectivity index (χ3n) is 4.46. The first-order chi connectivity index (χ1) is 12.3. The van der Waals surface area contributed by atoms with Crippen LogP contribution in [0.3, 0.4) is 0 Å². The number of sulfonamides is 1. The van der Waals surface area contributed by atoms with Crippen molar-refractivity contribution in [1.29, 1.82) is 0 Å². The van der Waals surface area contributed by atoms with Crippen LogP contribution in [0.2, 0.25) is 0 Å². The number of hydrogen-bond acceptors (Lipinski definition) is 5. The maximum Gasteiger partial charge on any atom is 0.218 e. The molecule has 1 aromatic heterocycles. The molecule has 2 aromatic rings. The van der Waals surface area contributed by atoms with E-state index < -0.39 is 10.0 Å². The van der Waals surface area contributed by atoms with Crippen LogP contribution in [0.15, 0.2) is 30.3 Å². The molecule has 0 amide bonds. The van der Waals surface area contributed by atoms with E-state index in [0.29, 0.717) is 37.6 Å². The number of aryl methyl sites for hydroxylation is 3. The van der Waals surface area contributed by atoms with Crippen molar-refractivity contribution in [3.05, 3.63) is 53.0 Å². The molecule has 0 saturated carbocycles. The summed E-state index contributed by atoms with van der Waals surface area (Å²) in [5.74, 6) is 1.29. The maximum absolute atomic E-state index is 12.7. The number of nitrogens with zero attached hydrogens (tertiary/aromatic N) is 3. The molecule has 1 aromatic carbocycles. The normalized spacial score (nSPS) is 16.6. The third-order valence-corrected chi connectivity index (χ3v) is 6.31. The quantitative estimate of drug-likeness (QED) is 0.803. The van der Waals surface area contributed by atoms with Crippen LogP contribution in [-0.4, -0.2) is 41.9 Å². The van der Waals surface area contributed by atoms with Crippen LogP contribution in [-0.2, 0) is 15.8 Å². The molecule has 0 unspecified atom stereocenters. The Kier molecular flexibility index (Phi) is 5.58. The Balaban J connectivity index is 1.58. The van der Waals surface area contributed by atoms with Crippen molar-refractivity contribution in [2.24, 2.45) is 0 Å². The minimum atomic E-state index is -3.31. The number of piperidine rings is 1. The first-order valence-corrected chi connectivity index (χ1v) is 10.4. The zero-order valence-corrected chi connectivity index (χ0v) is 16.3. The molecule has 1 aliphatic rings. The highest BCUT2D eigenvalue weighted by atomic mass is 32.2. The fraction of sp³-hybridized carbons (Fsp3) is 0.474. The summed E-state index contributed by atoms with van der Waals surface area (Å²) in [5.41, 5.74) is 2.77. The number of ether oxygens (including phenoxy) is 1. The zero-order valence-electron chi connectivity index (χ0n) is 15.5. The summed E-state index contributed by atoms with van der Waals surface area (Å²) in [5, 5.41) is 0. The molecule has 26 heavy (non-hydrogen) atoms. The van der Waals surface area contributed by atoms with E-state index >= 15 is 0 Å². The molecule has 0 radical (unpaired) electrons. The highest BCUT2D eigenvalue weighted by molar-refractivity contribution is 7.88. The molecule has 6 nitrogen and oxygen atoms in total. The van der Waals surface area contributed by atoms with Gasteiger partial charge in [0, 0.05) is 24.8 Å². The van der Waals surface area contributed by atoms with Crippen LogP contribution in [0.1, 0.15) is 35.5 Å². The van der Waals surface area contributed by atoms with Gasteiger partial charge in [-0.2, -0.15) is 4.98 Å². The van der Waals surface area contributed by atoms with Crippen molar-refractivity contribution in [2.45, 2.75) is 45.5 Å². The van der Waals surface area contributed by atoms with Crippen molar-refractivity contribution >= 4 is 10.0 Å². The van der Waals surface area contributed by atoms with Crippen molar-refractivity contribution < 1.29 is 13.2 Å². The Hall–Kier alpha value is -1.99. The maximum atomic E-state index is 12.7. The number of hydrogen-bond donors (Lipinski definition) is 0. The topological polar surface area (TPSA) is 72.4 Å². The Bertz CT molecular complexity index is 855. The van der Waals surface area contributed by atoms with Gasteiger partial charge in [0.1, 0.15) is 11.9 Å². The summed E-state index contributed by atoms with van der Waals surface area (Å²) in [4.78, 5) is 8.53. The summed E-state index contributed by atoms with van der Waals surface area (Å²) in [6.45, 7) is 6.65. The lowest BCUT2D eigenvalue weighted by Gasteiger charge is -2.31. The van der Waals surface area contributed by atoms with E-state index in [2.05, 4.69) is 9.97 Å². The molecule has 0 atom stereocenters. The van der Waals surface area contributed by atoms with Gasteiger partial charge in [-0.05, 0) is 39.2 Å². The molecule has 1 fully saturated rings. The lowest BCUT2D eigenvalue weighted by Crippen LogP contribution is -2.42. The molecule has 0 spiro atoms. The minimum absolute atomic E-state index is 0.0193. The lowest BCUT2D eigenvalue weighted by molar-refractivity contribution is 0.129. The fourth-order valence-electron chi connectivity index (χ4n) is 3.25. The Morgan fingerprint density at radius 1 is 1.12 bits per heavy atom. The SMILES string of the molecule is Cc1cccc(CS(=O)(=O)N2CCC(Oc3cc(C)nc(C)n3)CC2)c1. The molecule has 7 heteroatoms. The smallest absolute Gasteiger partial charge is 0.218 e. The van der Waals surface area contributed by atoms with Crippen molar-refractivity contribution in [2.75, 3.05) is 13.1 Å². The van der Waals surface area contributed by atoms with Crippen LogP contribution in [0.5, 0.6) is 5.88 Å². The first-order valence-electron chi connectivity index (χ1n) is 8.84. The molecule has 0 aliphatic carbocycles. The van der Waals surface area contributed by atoms with Gasteiger partial charge in [-0.3, -0.25) is 0 Å². The molecular weight excluding hydrogens is 350 g/mol. The molecular formula is C19H25N3O3S. The van der Waals surface area contributed by atoms with E-state index in [1.54, 1.807) is 4.31 Å². The largest absolute Gasteiger partial charge is 0.474 e. The fourth-order valence-corrected chi connectivity index (χ4v) is 4.80. The predicted molar refractivity (Wildman–Crippen MR) is 101 cm³/mol. The number of rotatable bonds is 5. The average molecular weight is 375 g/mol. The number of benzene rings is 1. The molecule has 3 rings (SSSR count). The molecule has 0 N–H and O–H groups in total. The van der Waals surface area contributed by atoms with Crippen LogP contribution < -0.4 is 4.74 Å². The van der Waals surface area contributed by atoms with Crippen LogP contribution in [0.4, 0.5) is 0 Å². The van der Waals surface area contributed by atoms with Crippen LogP contribution in [0.25, 0.3) is 0 Å². The van der Waals surface area contributed by atoms with E-state index in [1.165, 1.54) is 0 Å². The molecule has 0 bridgehead atoms. The molecule has 2 heterocycles. The van der Waals surface area contributed by atoms with Gasteiger partial charge in [0.2, 0.25) is 15.9 Å². The van der Waals surface area contributed by atoms with E-state index in [9.17, 15) is 8.42 Å². The summed E-state index contributed by atoms with van der Waals surface area (Å²) in [6.07, 6.45) is 1.30. The second kappa shape index (κ2) is 7.72. The van der Waals surface area contributed by atoms with Crippen LogP contribution >= 0.6 is 0 Å². The molecule has 140 valence electrons. The Labute approximate surface area is 155 Å². The van der Waals surface area contributed by atoms with Crippen molar-refractivity contribution in [3.8, 4) is 5.88 Å².